The Labute approximate surface area is 196 Å². The molecule has 33 heavy (non-hydrogen) atoms. The van der Waals surface area contributed by atoms with Crippen molar-refractivity contribution in [2.24, 2.45) is 0 Å². The summed E-state index contributed by atoms with van der Waals surface area (Å²) in [6, 6.07) is 14.1. The minimum atomic E-state index is -2.68. The van der Waals surface area contributed by atoms with E-state index >= 15 is 0 Å². The zero-order chi connectivity index (χ0) is 23.6. The molecule has 0 bridgehead atoms. The highest BCUT2D eigenvalue weighted by atomic mass is 32.2. The lowest BCUT2D eigenvalue weighted by Gasteiger charge is -2.27. The third-order valence-electron chi connectivity index (χ3n) is 5.68. The average molecular weight is 471 g/mol. The number of aromatic nitrogens is 2. The van der Waals surface area contributed by atoms with Crippen LogP contribution >= 0.6 is 0 Å². The molecule has 1 aliphatic rings. The van der Waals surface area contributed by atoms with Crippen LogP contribution in [0.2, 0.25) is 0 Å². The van der Waals surface area contributed by atoms with Crippen molar-refractivity contribution in [3.8, 4) is 11.1 Å². The maximum absolute atomic E-state index is 13.6. The number of nitrogens with zero attached hydrogens (tertiary/aromatic N) is 2. The van der Waals surface area contributed by atoms with Gasteiger partial charge < -0.3 is 9.87 Å². The first-order chi connectivity index (χ1) is 15.7. The second kappa shape index (κ2) is 9.75. The minimum absolute atomic E-state index is 0.268. The number of anilines is 1. The summed E-state index contributed by atoms with van der Waals surface area (Å²) in [7, 11) is 0. The van der Waals surface area contributed by atoms with Crippen LogP contribution < -0.4 is 10.0 Å². The number of hydrogen-bond donors (Lipinski definition) is 2. The van der Waals surface area contributed by atoms with Crippen LogP contribution in [0.5, 0.6) is 0 Å². The molecule has 8 heteroatoms. The molecule has 0 saturated heterocycles. The molecule has 0 radical (unpaired) electrons. The lowest BCUT2D eigenvalue weighted by molar-refractivity contribution is 0.109. The molecular weight excluding hydrogens is 442 g/mol. The molecule has 5 nitrogen and oxygen atoms in total. The third-order valence-corrected chi connectivity index (χ3v) is 7.26. The van der Waals surface area contributed by atoms with Gasteiger partial charge in [-0.25, -0.2) is 18.7 Å². The Balaban J connectivity index is 1.41. The maximum Gasteiger partial charge on any atom is 0.262 e. The van der Waals surface area contributed by atoms with Crippen molar-refractivity contribution in [2.75, 3.05) is 5.32 Å². The molecular formula is C25H28F2N4OS. The summed E-state index contributed by atoms with van der Waals surface area (Å²) in [6.07, 6.45) is 2.66. The van der Waals surface area contributed by atoms with E-state index in [2.05, 4.69) is 44.3 Å². The number of fused-ring (bicyclic) bond motifs is 1. The predicted octanol–water partition coefficient (Wildman–Crippen LogP) is 5.08. The van der Waals surface area contributed by atoms with Gasteiger partial charge in [-0.3, -0.25) is 0 Å². The second-order valence-electron chi connectivity index (χ2n) is 9.25. The molecule has 2 aromatic carbocycles. The van der Waals surface area contributed by atoms with Crippen LogP contribution in [-0.2, 0) is 24.2 Å². The van der Waals surface area contributed by atoms with Crippen molar-refractivity contribution in [3.05, 3.63) is 77.6 Å². The molecule has 1 aromatic heterocycles. The molecule has 4 rings (SSSR count). The molecule has 0 aliphatic heterocycles. The number of alkyl halides is 2. The SMILES string of the molecule is CC(C)(C)[S+]([O-])NC(c1ccc(-c2cnc(NC3Cc4ccccc4C3)nc2)cc1)C(F)F. The predicted molar refractivity (Wildman–Crippen MR) is 129 cm³/mol. The topological polar surface area (TPSA) is 72.9 Å². The van der Waals surface area contributed by atoms with Crippen molar-refractivity contribution in [1.82, 2.24) is 14.7 Å². The van der Waals surface area contributed by atoms with E-state index in [0.717, 1.165) is 24.0 Å². The van der Waals surface area contributed by atoms with E-state index < -0.39 is 28.6 Å². The lowest BCUT2D eigenvalue weighted by Crippen LogP contribution is -2.43. The van der Waals surface area contributed by atoms with Gasteiger partial charge in [0.15, 0.2) is 0 Å². The van der Waals surface area contributed by atoms with Crippen LogP contribution in [-0.4, -0.2) is 31.7 Å². The van der Waals surface area contributed by atoms with E-state index in [1.54, 1.807) is 57.4 Å². The van der Waals surface area contributed by atoms with Gasteiger partial charge in [-0.2, -0.15) is 0 Å². The van der Waals surface area contributed by atoms with E-state index in [-0.39, 0.29) is 6.04 Å². The zero-order valence-electron chi connectivity index (χ0n) is 18.9. The fourth-order valence-corrected chi connectivity index (χ4v) is 4.66. The van der Waals surface area contributed by atoms with Gasteiger partial charge in [0.1, 0.15) is 10.8 Å². The van der Waals surface area contributed by atoms with Gasteiger partial charge in [-0.1, -0.05) is 48.5 Å². The van der Waals surface area contributed by atoms with Crippen LogP contribution in [0, 0.1) is 0 Å². The maximum atomic E-state index is 13.6. The van der Waals surface area contributed by atoms with E-state index in [1.165, 1.54) is 11.1 Å². The molecule has 0 saturated carbocycles. The third kappa shape index (κ3) is 5.69. The van der Waals surface area contributed by atoms with Gasteiger partial charge in [0.2, 0.25) is 5.95 Å². The quantitative estimate of drug-likeness (QED) is 0.471. The summed E-state index contributed by atoms with van der Waals surface area (Å²) in [4.78, 5) is 8.88. The molecule has 1 heterocycles. The fraction of sp³-hybridized carbons (Fsp3) is 0.360. The van der Waals surface area contributed by atoms with Crippen molar-refractivity contribution in [2.45, 2.75) is 56.9 Å². The smallest absolute Gasteiger partial charge is 0.262 e. The highest BCUT2D eigenvalue weighted by molar-refractivity contribution is 7.90. The van der Waals surface area contributed by atoms with Gasteiger partial charge >= 0.3 is 0 Å². The Morgan fingerprint density at radius 3 is 2.03 bits per heavy atom. The monoisotopic (exact) mass is 470 g/mol. The van der Waals surface area contributed by atoms with Crippen LogP contribution in [0.15, 0.2) is 60.9 Å². The van der Waals surface area contributed by atoms with E-state index in [4.69, 9.17) is 0 Å². The summed E-state index contributed by atoms with van der Waals surface area (Å²) in [5, 5.41) is 3.39. The number of halogens is 2. The molecule has 2 N–H and O–H groups in total. The highest BCUT2D eigenvalue weighted by Crippen LogP contribution is 2.28. The molecule has 3 aromatic rings. The molecule has 174 valence electrons. The summed E-state index contributed by atoms with van der Waals surface area (Å²) < 4.78 is 41.5. The van der Waals surface area contributed by atoms with E-state index in [9.17, 15) is 13.3 Å². The Kier molecular flexibility index (Phi) is 6.97. The Hall–Kier alpha value is -2.55. The first kappa shape index (κ1) is 23.6. The van der Waals surface area contributed by atoms with Crippen molar-refractivity contribution in [1.29, 1.82) is 0 Å². The normalized spacial score (nSPS) is 16.0. The zero-order valence-corrected chi connectivity index (χ0v) is 19.7. The van der Waals surface area contributed by atoms with Gasteiger partial charge in [-0.05, 0) is 55.9 Å². The first-order valence-corrected chi connectivity index (χ1v) is 12.1. The van der Waals surface area contributed by atoms with Gasteiger partial charge in [0, 0.05) is 35.4 Å². The van der Waals surface area contributed by atoms with Crippen molar-refractivity contribution >= 4 is 17.3 Å². The number of hydrogen-bond acceptors (Lipinski definition) is 5. The van der Waals surface area contributed by atoms with E-state index in [1.807, 2.05) is 0 Å². The number of nitrogens with one attached hydrogen (secondary N) is 2. The molecule has 0 fully saturated rings. The number of benzene rings is 2. The van der Waals surface area contributed by atoms with Crippen LogP contribution in [0.3, 0.4) is 0 Å². The fourth-order valence-electron chi connectivity index (χ4n) is 3.84. The van der Waals surface area contributed by atoms with E-state index in [0.29, 0.717) is 11.5 Å². The van der Waals surface area contributed by atoms with Gasteiger partial charge in [-0.15, -0.1) is 4.72 Å². The minimum Gasteiger partial charge on any atom is -0.598 e. The Morgan fingerprint density at radius 1 is 0.939 bits per heavy atom. The van der Waals surface area contributed by atoms with Crippen LogP contribution in [0.1, 0.15) is 43.5 Å². The summed E-state index contributed by atoms with van der Waals surface area (Å²) >= 11 is -1.60. The van der Waals surface area contributed by atoms with Gasteiger partial charge in [0.25, 0.3) is 6.43 Å². The second-order valence-corrected chi connectivity index (χ2v) is 11.2. The average Bonchev–Trinajstić information content (AvgIpc) is 3.19. The van der Waals surface area contributed by atoms with Crippen molar-refractivity contribution in [3.63, 3.8) is 0 Å². The Morgan fingerprint density at radius 2 is 1.52 bits per heavy atom. The van der Waals surface area contributed by atoms with Gasteiger partial charge in [0.05, 0.1) is 0 Å². The molecule has 0 spiro atoms. The highest BCUT2D eigenvalue weighted by Gasteiger charge is 2.34. The molecule has 2 unspecified atom stereocenters. The standard InChI is InChI=1S/C25H28F2N4OS/c1-25(2,3)33(32)31-22(23(26)27)17-10-8-16(9-11-17)20-14-28-24(29-15-20)30-21-12-18-6-4-5-7-19(18)13-21/h4-11,14-15,21-23,31H,12-13H2,1-3H3,(H,28,29,30). The van der Waals surface area contributed by atoms with Crippen LogP contribution in [0.4, 0.5) is 14.7 Å². The summed E-state index contributed by atoms with van der Waals surface area (Å²) in [6.45, 7) is 5.23. The Bertz CT molecular complexity index is 1050. The molecule has 0 amide bonds. The summed E-state index contributed by atoms with van der Waals surface area (Å²) in [5.41, 5.74) is 4.71. The summed E-state index contributed by atoms with van der Waals surface area (Å²) in [5.74, 6) is 0.569. The van der Waals surface area contributed by atoms with Crippen molar-refractivity contribution < 1.29 is 13.3 Å². The molecule has 2 atom stereocenters. The lowest BCUT2D eigenvalue weighted by atomic mass is 10.0. The molecule has 1 aliphatic carbocycles. The number of rotatable bonds is 7. The first-order valence-electron chi connectivity index (χ1n) is 10.9. The largest absolute Gasteiger partial charge is 0.598 e. The van der Waals surface area contributed by atoms with Crippen LogP contribution in [0.25, 0.3) is 11.1 Å².